The average Bonchev–Trinajstić information content (AvgIpc) is 3.99. The lowest BCUT2D eigenvalue weighted by molar-refractivity contribution is -0.134. The van der Waals surface area contributed by atoms with Crippen LogP contribution in [-0.2, 0) is 23.7 Å². The number of halogens is 3. The maximum Gasteiger partial charge on any atom is 0.301 e. The summed E-state index contributed by atoms with van der Waals surface area (Å²) in [7, 11) is 3.49. The zero-order chi connectivity index (χ0) is 40.1. The number of ether oxygens (including phenoxy) is 1. The van der Waals surface area contributed by atoms with Crippen LogP contribution in [0.2, 0.25) is 5.02 Å². The van der Waals surface area contributed by atoms with Crippen LogP contribution in [0.1, 0.15) is 63.0 Å². The Hall–Kier alpha value is -5.51. The Morgan fingerprint density at radius 3 is 2.52 bits per heavy atom. The van der Waals surface area contributed by atoms with E-state index < -0.39 is 30.0 Å². The molecular formula is C41H43ClF2N10O4. The number of fused-ring (bicyclic) bond motifs is 4. The van der Waals surface area contributed by atoms with E-state index in [0.717, 1.165) is 61.1 Å². The molecule has 4 N–H and O–H groups in total. The highest BCUT2D eigenvalue weighted by atomic mass is 35.5. The topological polar surface area (TPSA) is 160 Å². The second kappa shape index (κ2) is 13.5. The summed E-state index contributed by atoms with van der Waals surface area (Å²) < 4.78 is 39.0. The van der Waals surface area contributed by atoms with Gasteiger partial charge in [0.25, 0.3) is 5.56 Å². The van der Waals surface area contributed by atoms with Crippen LogP contribution < -0.4 is 36.5 Å². The first kappa shape index (κ1) is 36.8. The molecule has 10 rings (SSSR count). The predicted molar refractivity (Wildman–Crippen MR) is 216 cm³/mol. The van der Waals surface area contributed by atoms with Crippen molar-refractivity contribution in [3.63, 3.8) is 0 Å². The van der Waals surface area contributed by atoms with Crippen molar-refractivity contribution in [3.05, 3.63) is 63.7 Å². The van der Waals surface area contributed by atoms with Crippen LogP contribution in [0.25, 0.3) is 21.8 Å². The number of hydrogen-bond donors (Lipinski definition) is 4. The van der Waals surface area contributed by atoms with E-state index in [9.17, 15) is 14.4 Å². The number of imide groups is 1. The lowest BCUT2D eigenvalue weighted by Crippen LogP contribution is -2.58. The molecular weight excluding hydrogens is 770 g/mol. The van der Waals surface area contributed by atoms with Gasteiger partial charge in [-0.2, -0.15) is 10.1 Å². The number of amides is 2. The van der Waals surface area contributed by atoms with Crippen LogP contribution in [0.5, 0.6) is 5.75 Å². The van der Waals surface area contributed by atoms with Crippen LogP contribution in [0, 0.1) is 11.3 Å². The largest absolute Gasteiger partial charge is 0.480 e. The fourth-order valence-corrected chi connectivity index (χ4v) is 9.59. The molecule has 2 amide bonds. The van der Waals surface area contributed by atoms with Gasteiger partial charge in [-0.1, -0.05) is 11.6 Å². The molecule has 2 atom stereocenters. The van der Waals surface area contributed by atoms with E-state index in [1.54, 1.807) is 31.4 Å². The Morgan fingerprint density at radius 1 is 0.966 bits per heavy atom. The molecule has 5 aromatic rings. The zero-order valence-corrected chi connectivity index (χ0v) is 32.8. The Labute approximate surface area is 336 Å². The highest BCUT2D eigenvalue weighted by Crippen LogP contribution is 2.48. The number of pyridine rings is 1. The number of alkyl halides is 2. The lowest BCUT2D eigenvalue weighted by atomic mass is 9.67. The van der Waals surface area contributed by atoms with Gasteiger partial charge < -0.3 is 30.2 Å². The van der Waals surface area contributed by atoms with Gasteiger partial charge in [0.2, 0.25) is 23.5 Å². The summed E-state index contributed by atoms with van der Waals surface area (Å²) in [5, 5.41) is 18.8. The fraction of sp³-hybridized carbons (Fsp3) is 0.463. The first-order chi connectivity index (χ1) is 27.8. The summed E-state index contributed by atoms with van der Waals surface area (Å²) in [5.41, 5.74) is 4.01. The molecule has 4 fully saturated rings. The molecule has 0 radical (unpaired) electrons. The molecule has 1 unspecified atom stereocenters. The molecule has 58 heavy (non-hydrogen) atoms. The number of aryl methyl sites for hydroxylation is 2. The number of benzene rings is 2. The Kier molecular flexibility index (Phi) is 8.59. The summed E-state index contributed by atoms with van der Waals surface area (Å²) in [5.74, 6) is -3.54. The van der Waals surface area contributed by atoms with E-state index in [0.29, 0.717) is 59.1 Å². The van der Waals surface area contributed by atoms with Gasteiger partial charge in [0.15, 0.2) is 12.4 Å². The number of carbonyl (C=O) groups excluding carboxylic acids is 2. The SMILES string of the molecule is Cn1nc(C2CCC(=O)NC2=O)c2ccc(N3CC4(CCC(Nc5ncc(Cl)c(Nc6ccc7c(c6)c6c(c(=O)n7C)OCC(F)(F)[C@H](C7CC7)N6)n5)CC4)C3)cc21. The lowest BCUT2D eigenvalue weighted by Gasteiger charge is -2.54. The van der Waals surface area contributed by atoms with E-state index in [1.165, 1.54) is 4.57 Å². The van der Waals surface area contributed by atoms with Crippen molar-refractivity contribution in [1.82, 2.24) is 29.6 Å². The van der Waals surface area contributed by atoms with E-state index in [2.05, 4.69) is 49.4 Å². The molecule has 3 aliphatic heterocycles. The van der Waals surface area contributed by atoms with Crippen molar-refractivity contribution in [1.29, 1.82) is 0 Å². The highest BCUT2D eigenvalue weighted by Gasteiger charge is 2.51. The predicted octanol–water partition coefficient (Wildman–Crippen LogP) is 6.21. The zero-order valence-electron chi connectivity index (χ0n) is 32.1. The highest BCUT2D eigenvalue weighted by molar-refractivity contribution is 6.33. The van der Waals surface area contributed by atoms with Gasteiger partial charge in [-0.25, -0.2) is 13.8 Å². The van der Waals surface area contributed by atoms with Crippen LogP contribution in [0.3, 0.4) is 0 Å². The molecule has 2 saturated heterocycles. The second-order valence-corrected chi connectivity index (χ2v) is 17.2. The number of aromatic nitrogens is 5. The molecule has 17 heteroatoms. The van der Waals surface area contributed by atoms with Crippen LogP contribution in [0.15, 0.2) is 47.4 Å². The summed E-state index contributed by atoms with van der Waals surface area (Å²) >= 11 is 6.59. The van der Waals surface area contributed by atoms with E-state index in [-0.39, 0.29) is 40.6 Å². The maximum atomic E-state index is 15.1. The third kappa shape index (κ3) is 6.36. The molecule has 2 aromatic carbocycles. The first-order valence-electron chi connectivity index (χ1n) is 19.9. The quantitative estimate of drug-likeness (QED) is 0.138. The fourth-order valence-electron chi connectivity index (χ4n) is 9.45. The van der Waals surface area contributed by atoms with Gasteiger partial charge in [-0.05, 0) is 87.3 Å². The molecule has 6 heterocycles. The monoisotopic (exact) mass is 812 g/mol. The number of carbonyl (C=O) groups is 2. The van der Waals surface area contributed by atoms with Gasteiger partial charge >= 0.3 is 5.92 Å². The molecule has 0 bridgehead atoms. The van der Waals surface area contributed by atoms with Crippen molar-refractivity contribution >= 4 is 74.0 Å². The Balaban J connectivity index is 0.799. The minimum absolute atomic E-state index is 0.112. The molecule has 2 aliphatic carbocycles. The number of hydrogen-bond acceptors (Lipinski definition) is 11. The van der Waals surface area contributed by atoms with Gasteiger partial charge in [0.05, 0.1) is 40.6 Å². The number of nitrogens with zero attached hydrogens (tertiary/aromatic N) is 6. The maximum absolute atomic E-state index is 15.1. The van der Waals surface area contributed by atoms with Crippen LogP contribution in [-0.4, -0.2) is 73.8 Å². The minimum Gasteiger partial charge on any atom is -0.480 e. The summed E-state index contributed by atoms with van der Waals surface area (Å²) in [4.78, 5) is 49.1. The Morgan fingerprint density at radius 2 is 1.76 bits per heavy atom. The molecule has 14 nitrogen and oxygen atoms in total. The average molecular weight is 813 g/mol. The first-order valence-corrected chi connectivity index (χ1v) is 20.3. The van der Waals surface area contributed by atoms with E-state index in [1.807, 2.05) is 11.7 Å². The van der Waals surface area contributed by atoms with E-state index in [4.69, 9.17) is 26.4 Å². The number of rotatable bonds is 7. The van der Waals surface area contributed by atoms with Gasteiger partial charge in [-0.15, -0.1) is 0 Å². The van der Waals surface area contributed by atoms with Crippen molar-refractivity contribution in [2.24, 2.45) is 25.4 Å². The van der Waals surface area contributed by atoms with Crippen LogP contribution >= 0.6 is 11.6 Å². The van der Waals surface area contributed by atoms with Crippen molar-refractivity contribution in [3.8, 4) is 5.75 Å². The number of anilines is 5. The minimum atomic E-state index is -3.13. The number of piperidine rings is 1. The summed E-state index contributed by atoms with van der Waals surface area (Å²) in [6, 6.07) is 10.7. The Bertz CT molecular complexity index is 2580. The summed E-state index contributed by atoms with van der Waals surface area (Å²) in [6.45, 7) is 1.06. The third-order valence-corrected chi connectivity index (χ3v) is 13.1. The van der Waals surface area contributed by atoms with E-state index >= 15 is 8.78 Å². The van der Waals surface area contributed by atoms with Gasteiger partial charge in [0.1, 0.15) is 5.02 Å². The third-order valence-electron chi connectivity index (χ3n) is 12.8. The normalized spacial score (nSPS) is 22.8. The van der Waals surface area contributed by atoms with Gasteiger partial charge in [-0.3, -0.25) is 24.4 Å². The molecule has 302 valence electrons. The smallest absolute Gasteiger partial charge is 0.301 e. The standard InChI is InChI=1S/C41H43ClF2N10O4/c1-52-29-9-5-23(15-27(29)33-34(38(52)57)58-20-41(43,44)35(49-33)21-3-4-21)46-36-28(42)17-45-39(50-36)47-22-11-13-40(14-12-22)18-54(19-40)24-6-7-25-30(16-24)53(2)51-32(25)26-8-10-31(55)48-37(26)56/h5-7,9,15-17,21-22,26,35,49H,3-4,8,10-14,18-20H2,1-2H3,(H,48,55,56)(H2,45,46,47,50)/t26?,35-/m0/s1. The molecule has 5 aliphatic rings. The van der Waals surface area contributed by atoms with Crippen molar-refractivity contribution < 1.29 is 23.1 Å². The number of nitrogens with one attached hydrogen (secondary N) is 4. The van der Waals surface area contributed by atoms with Gasteiger partial charge in [0, 0.05) is 67.2 Å². The summed E-state index contributed by atoms with van der Waals surface area (Å²) in [6.07, 6.45) is 7.77. The molecule has 1 spiro atoms. The second-order valence-electron chi connectivity index (χ2n) is 16.8. The van der Waals surface area contributed by atoms with Crippen molar-refractivity contribution in [2.75, 3.05) is 40.5 Å². The molecule has 3 aromatic heterocycles. The van der Waals surface area contributed by atoms with Crippen molar-refractivity contribution in [2.45, 2.75) is 75.3 Å². The molecule has 2 saturated carbocycles. The van der Waals surface area contributed by atoms with Crippen LogP contribution in [0.4, 0.5) is 37.6 Å².